The highest BCUT2D eigenvalue weighted by Gasteiger charge is 2.20. The Morgan fingerprint density at radius 2 is 1.66 bits per heavy atom. The molecule has 1 saturated heterocycles. The van der Waals surface area contributed by atoms with Crippen molar-refractivity contribution in [3.63, 3.8) is 0 Å². The van der Waals surface area contributed by atoms with Crippen LogP contribution in [0.25, 0.3) is 16.6 Å². The van der Waals surface area contributed by atoms with Crippen molar-refractivity contribution in [1.82, 2.24) is 19.7 Å². The van der Waals surface area contributed by atoms with E-state index in [-0.39, 0.29) is 12.4 Å². The van der Waals surface area contributed by atoms with Crippen LogP contribution >= 0.6 is 24.0 Å². The normalized spacial score (nSPS) is 14.1. The van der Waals surface area contributed by atoms with Crippen molar-refractivity contribution in [3.8, 4) is 5.69 Å². The molecule has 0 atom stereocenters. The number of fused-ring (bicyclic) bond motifs is 1. The maximum absolute atomic E-state index is 6.15. The van der Waals surface area contributed by atoms with E-state index in [0.717, 1.165) is 53.6 Å². The molecule has 29 heavy (non-hydrogen) atoms. The van der Waals surface area contributed by atoms with Crippen molar-refractivity contribution in [3.05, 3.63) is 72.3 Å². The highest BCUT2D eigenvalue weighted by molar-refractivity contribution is 6.30. The van der Waals surface area contributed by atoms with Crippen LogP contribution in [0.15, 0.2) is 67.3 Å². The molecular weight excluding hydrogens is 407 g/mol. The standard InChI is InChI=1S/C21H19ClN6.ClH/c22-16-3-1-4-17(13-16)26-9-11-27(12-10-26)21-19-14-18(28-8-2-7-25-28)5-6-20(19)23-15-24-21;/h1-8,13-15H,9-12H2;1H. The molecular formula is C21H20Cl2N6. The Balaban J connectivity index is 0.00000205. The molecule has 0 unspecified atom stereocenters. The van der Waals surface area contributed by atoms with Gasteiger partial charge in [-0.25, -0.2) is 14.6 Å². The lowest BCUT2D eigenvalue weighted by Crippen LogP contribution is -2.46. The monoisotopic (exact) mass is 426 g/mol. The van der Waals surface area contributed by atoms with Gasteiger partial charge in [0.15, 0.2) is 0 Å². The van der Waals surface area contributed by atoms with Crippen molar-refractivity contribution in [2.75, 3.05) is 36.0 Å². The van der Waals surface area contributed by atoms with Crippen molar-refractivity contribution < 1.29 is 0 Å². The third-order valence-electron chi connectivity index (χ3n) is 5.12. The number of hydrogen-bond acceptors (Lipinski definition) is 5. The van der Waals surface area contributed by atoms with Gasteiger partial charge in [-0.15, -0.1) is 12.4 Å². The lowest BCUT2D eigenvalue weighted by atomic mass is 10.2. The second kappa shape index (κ2) is 8.27. The maximum Gasteiger partial charge on any atom is 0.140 e. The minimum absolute atomic E-state index is 0. The van der Waals surface area contributed by atoms with E-state index >= 15 is 0 Å². The van der Waals surface area contributed by atoms with Crippen LogP contribution in [0.1, 0.15) is 0 Å². The Bertz CT molecular complexity index is 1110. The summed E-state index contributed by atoms with van der Waals surface area (Å²) in [6, 6.07) is 16.1. The van der Waals surface area contributed by atoms with Gasteiger partial charge < -0.3 is 9.80 Å². The van der Waals surface area contributed by atoms with E-state index in [4.69, 9.17) is 11.6 Å². The van der Waals surface area contributed by atoms with Crippen molar-refractivity contribution >= 4 is 46.4 Å². The predicted molar refractivity (Wildman–Crippen MR) is 120 cm³/mol. The average molecular weight is 427 g/mol. The van der Waals surface area contributed by atoms with Crippen LogP contribution in [0.2, 0.25) is 5.02 Å². The molecule has 0 saturated carbocycles. The van der Waals surface area contributed by atoms with E-state index in [1.807, 2.05) is 47.3 Å². The van der Waals surface area contributed by atoms with Gasteiger partial charge in [0.2, 0.25) is 0 Å². The van der Waals surface area contributed by atoms with Gasteiger partial charge in [0, 0.05) is 54.7 Å². The molecule has 0 bridgehead atoms. The fraction of sp³-hybridized carbons (Fsp3) is 0.190. The van der Waals surface area contributed by atoms with E-state index < -0.39 is 0 Å². The summed E-state index contributed by atoms with van der Waals surface area (Å²) in [6.07, 6.45) is 5.37. The molecule has 2 aromatic heterocycles. The summed E-state index contributed by atoms with van der Waals surface area (Å²) in [5.41, 5.74) is 3.12. The maximum atomic E-state index is 6.15. The van der Waals surface area contributed by atoms with Gasteiger partial charge in [-0.1, -0.05) is 17.7 Å². The van der Waals surface area contributed by atoms with Gasteiger partial charge >= 0.3 is 0 Å². The van der Waals surface area contributed by atoms with E-state index in [9.17, 15) is 0 Å². The summed E-state index contributed by atoms with van der Waals surface area (Å²) >= 11 is 6.15. The second-order valence-electron chi connectivity index (χ2n) is 6.80. The van der Waals surface area contributed by atoms with Gasteiger partial charge in [0.1, 0.15) is 12.1 Å². The average Bonchev–Trinajstić information content (AvgIpc) is 3.28. The molecule has 0 spiro atoms. The van der Waals surface area contributed by atoms with E-state index in [0.29, 0.717) is 0 Å². The van der Waals surface area contributed by atoms with Crippen LogP contribution in [0, 0.1) is 0 Å². The molecule has 0 radical (unpaired) electrons. The number of nitrogens with zero attached hydrogens (tertiary/aromatic N) is 6. The Morgan fingerprint density at radius 1 is 0.828 bits per heavy atom. The fourth-order valence-electron chi connectivity index (χ4n) is 3.70. The van der Waals surface area contributed by atoms with Crippen molar-refractivity contribution in [1.29, 1.82) is 0 Å². The van der Waals surface area contributed by atoms with Crippen LogP contribution in [0.4, 0.5) is 11.5 Å². The SMILES string of the molecule is Cl.Clc1cccc(N2CCN(c3ncnc4ccc(-n5cccn5)cc34)CC2)c1. The third-order valence-corrected chi connectivity index (χ3v) is 5.35. The number of rotatable bonds is 3. The highest BCUT2D eigenvalue weighted by atomic mass is 35.5. The van der Waals surface area contributed by atoms with Gasteiger partial charge in [0.05, 0.1) is 11.2 Å². The van der Waals surface area contributed by atoms with Gasteiger partial charge in [-0.2, -0.15) is 5.10 Å². The fourth-order valence-corrected chi connectivity index (χ4v) is 3.88. The molecule has 0 aliphatic carbocycles. The number of anilines is 2. The molecule has 5 rings (SSSR count). The minimum atomic E-state index is 0. The Labute approximate surface area is 180 Å². The number of benzene rings is 2. The van der Waals surface area contributed by atoms with Gasteiger partial charge in [0.25, 0.3) is 0 Å². The molecule has 0 amide bonds. The molecule has 1 aliphatic heterocycles. The number of aromatic nitrogens is 4. The van der Waals surface area contributed by atoms with E-state index in [1.54, 1.807) is 12.5 Å². The van der Waals surface area contributed by atoms with Crippen LogP contribution in [0.3, 0.4) is 0 Å². The molecule has 1 aliphatic rings. The third kappa shape index (κ3) is 3.86. The highest BCUT2D eigenvalue weighted by Crippen LogP contribution is 2.27. The Morgan fingerprint density at radius 3 is 2.41 bits per heavy atom. The van der Waals surface area contributed by atoms with Crippen LogP contribution in [-0.2, 0) is 0 Å². The van der Waals surface area contributed by atoms with Crippen LogP contribution < -0.4 is 9.80 Å². The molecule has 148 valence electrons. The first-order valence-corrected chi connectivity index (χ1v) is 9.66. The van der Waals surface area contributed by atoms with Crippen LogP contribution in [-0.4, -0.2) is 45.9 Å². The predicted octanol–water partition coefficient (Wildman–Crippen LogP) is 4.22. The summed E-state index contributed by atoms with van der Waals surface area (Å²) in [6.45, 7) is 3.63. The molecule has 3 heterocycles. The van der Waals surface area contributed by atoms with Gasteiger partial charge in [-0.3, -0.25) is 0 Å². The molecule has 1 fully saturated rings. The second-order valence-corrected chi connectivity index (χ2v) is 7.24. The summed E-state index contributed by atoms with van der Waals surface area (Å²) in [7, 11) is 0. The lowest BCUT2D eigenvalue weighted by molar-refractivity contribution is 0.649. The van der Waals surface area contributed by atoms with Crippen molar-refractivity contribution in [2.24, 2.45) is 0 Å². The quantitative estimate of drug-likeness (QED) is 0.490. The molecule has 4 aromatic rings. The number of piperazine rings is 1. The zero-order valence-corrected chi connectivity index (χ0v) is 17.2. The molecule has 8 heteroatoms. The Kier molecular flexibility index (Phi) is 5.56. The van der Waals surface area contributed by atoms with Gasteiger partial charge in [-0.05, 0) is 42.5 Å². The van der Waals surface area contributed by atoms with Crippen LogP contribution in [0.5, 0.6) is 0 Å². The first-order valence-electron chi connectivity index (χ1n) is 9.28. The summed E-state index contributed by atoms with van der Waals surface area (Å²) in [4.78, 5) is 13.7. The molecule has 6 nitrogen and oxygen atoms in total. The Hall–Kier alpha value is -2.83. The number of halogens is 2. The molecule has 0 N–H and O–H groups in total. The smallest absolute Gasteiger partial charge is 0.140 e. The molecule has 2 aromatic carbocycles. The minimum Gasteiger partial charge on any atom is -0.368 e. The summed E-state index contributed by atoms with van der Waals surface area (Å²) in [5, 5.41) is 6.15. The first-order chi connectivity index (χ1) is 13.8. The zero-order valence-electron chi connectivity index (χ0n) is 15.6. The summed E-state index contributed by atoms with van der Waals surface area (Å²) in [5.74, 6) is 0.977. The lowest BCUT2D eigenvalue weighted by Gasteiger charge is -2.37. The first kappa shape index (κ1) is 19.5. The van der Waals surface area contributed by atoms with Crippen molar-refractivity contribution in [2.45, 2.75) is 0 Å². The number of hydrogen-bond donors (Lipinski definition) is 0. The van der Waals surface area contributed by atoms with E-state index in [1.165, 1.54) is 5.69 Å². The van der Waals surface area contributed by atoms with E-state index in [2.05, 4.69) is 37.0 Å². The topological polar surface area (TPSA) is 50.1 Å². The largest absolute Gasteiger partial charge is 0.368 e. The zero-order chi connectivity index (χ0) is 18.9. The summed E-state index contributed by atoms with van der Waals surface area (Å²) < 4.78 is 1.85.